The van der Waals surface area contributed by atoms with E-state index >= 15 is 0 Å². The summed E-state index contributed by atoms with van der Waals surface area (Å²) in [5, 5.41) is 0. The first-order valence-electron chi connectivity index (χ1n) is 8.15. The number of aryl methyl sites for hydroxylation is 1. The summed E-state index contributed by atoms with van der Waals surface area (Å²) < 4.78 is 28.7. The molecule has 3 rings (SSSR count). The number of hydrogen-bond donors (Lipinski definition) is 0. The molecule has 0 aliphatic carbocycles. The Morgan fingerprint density at radius 2 is 1.41 bits per heavy atom. The third-order valence-corrected chi connectivity index (χ3v) is 6.70. The molecule has 2 saturated heterocycles. The number of para-hydroxylation sites is 1. The van der Waals surface area contributed by atoms with Crippen LogP contribution in [0.15, 0.2) is 24.3 Å². The smallest absolute Gasteiger partial charge is 0.282 e. The average molecular weight is 323 g/mol. The first-order chi connectivity index (χ1) is 10.6. The molecule has 1 aromatic rings. The van der Waals surface area contributed by atoms with E-state index in [0.29, 0.717) is 26.2 Å². The molecular weight excluding hydrogens is 298 g/mol. The van der Waals surface area contributed by atoms with E-state index in [1.54, 1.807) is 8.61 Å². The van der Waals surface area contributed by atoms with Crippen LogP contribution in [0.5, 0.6) is 0 Å². The lowest BCUT2D eigenvalue weighted by Crippen LogP contribution is -2.54. The van der Waals surface area contributed by atoms with E-state index in [0.717, 1.165) is 32.4 Å². The second kappa shape index (κ2) is 6.56. The van der Waals surface area contributed by atoms with Gasteiger partial charge < -0.3 is 4.90 Å². The minimum Gasteiger partial charge on any atom is -0.369 e. The number of benzene rings is 1. The molecule has 6 heteroatoms. The summed E-state index contributed by atoms with van der Waals surface area (Å²) >= 11 is 0. The molecule has 0 amide bonds. The molecule has 2 aliphatic heterocycles. The summed E-state index contributed by atoms with van der Waals surface area (Å²) in [5.74, 6) is 0. The Labute approximate surface area is 133 Å². The van der Waals surface area contributed by atoms with Crippen molar-refractivity contribution >= 4 is 15.9 Å². The summed E-state index contributed by atoms with van der Waals surface area (Å²) in [7, 11) is -3.26. The van der Waals surface area contributed by atoms with Crippen molar-refractivity contribution in [2.45, 2.75) is 26.2 Å². The molecule has 0 spiro atoms. The Balaban J connectivity index is 1.65. The van der Waals surface area contributed by atoms with Gasteiger partial charge in [-0.1, -0.05) is 24.6 Å². The maximum atomic E-state index is 12.7. The fourth-order valence-corrected chi connectivity index (χ4v) is 5.01. The normalized spacial score (nSPS) is 22.0. The van der Waals surface area contributed by atoms with Crippen LogP contribution in [0.2, 0.25) is 0 Å². The van der Waals surface area contributed by atoms with Gasteiger partial charge in [-0.3, -0.25) is 0 Å². The van der Waals surface area contributed by atoms with Crippen LogP contribution in [-0.2, 0) is 10.2 Å². The van der Waals surface area contributed by atoms with Crippen molar-refractivity contribution in [3.05, 3.63) is 29.8 Å². The number of nitrogens with zero attached hydrogens (tertiary/aromatic N) is 3. The maximum absolute atomic E-state index is 12.7. The fraction of sp³-hybridized carbons (Fsp3) is 0.625. The first kappa shape index (κ1) is 15.8. The number of rotatable bonds is 3. The monoisotopic (exact) mass is 323 g/mol. The average Bonchev–Trinajstić information content (AvgIpc) is 2.56. The first-order valence-corrected chi connectivity index (χ1v) is 9.54. The van der Waals surface area contributed by atoms with Crippen LogP contribution in [0.4, 0.5) is 5.69 Å². The van der Waals surface area contributed by atoms with E-state index in [4.69, 9.17) is 0 Å². The molecule has 122 valence electrons. The Hall–Kier alpha value is -1.11. The molecule has 1 aromatic carbocycles. The van der Waals surface area contributed by atoms with E-state index in [9.17, 15) is 8.42 Å². The third kappa shape index (κ3) is 3.14. The highest BCUT2D eigenvalue weighted by atomic mass is 32.2. The molecule has 5 nitrogen and oxygen atoms in total. The Morgan fingerprint density at radius 1 is 0.818 bits per heavy atom. The highest BCUT2D eigenvalue weighted by molar-refractivity contribution is 7.86. The van der Waals surface area contributed by atoms with Gasteiger partial charge in [-0.05, 0) is 31.4 Å². The van der Waals surface area contributed by atoms with E-state index in [2.05, 4.69) is 24.0 Å². The summed E-state index contributed by atoms with van der Waals surface area (Å²) in [6, 6.07) is 8.30. The van der Waals surface area contributed by atoms with Crippen molar-refractivity contribution < 1.29 is 8.42 Å². The zero-order valence-corrected chi connectivity index (χ0v) is 14.1. The van der Waals surface area contributed by atoms with Crippen molar-refractivity contribution in [3.8, 4) is 0 Å². The molecule has 2 fully saturated rings. The molecule has 0 N–H and O–H groups in total. The van der Waals surface area contributed by atoms with Crippen LogP contribution in [0.3, 0.4) is 0 Å². The number of hydrogen-bond acceptors (Lipinski definition) is 3. The van der Waals surface area contributed by atoms with E-state index in [1.165, 1.54) is 11.3 Å². The summed E-state index contributed by atoms with van der Waals surface area (Å²) in [5.41, 5.74) is 2.47. The van der Waals surface area contributed by atoms with Crippen LogP contribution in [-0.4, -0.2) is 56.3 Å². The van der Waals surface area contributed by atoms with Crippen molar-refractivity contribution in [2.75, 3.05) is 44.2 Å². The highest BCUT2D eigenvalue weighted by Gasteiger charge is 2.33. The van der Waals surface area contributed by atoms with Crippen LogP contribution >= 0.6 is 0 Å². The summed E-state index contributed by atoms with van der Waals surface area (Å²) in [6.45, 7) is 6.14. The fourth-order valence-electron chi connectivity index (χ4n) is 3.34. The van der Waals surface area contributed by atoms with Gasteiger partial charge in [0.2, 0.25) is 0 Å². The van der Waals surface area contributed by atoms with E-state index < -0.39 is 10.2 Å². The van der Waals surface area contributed by atoms with Gasteiger partial charge in [0.25, 0.3) is 10.2 Å². The van der Waals surface area contributed by atoms with Crippen molar-refractivity contribution in [2.24, 2.45) is 0 Å². The second-order valence-corrected chi connectivity index (χ2v) is 8.07. The Morgan fingerprint density at radius 3 is 2.05 bits per heavy atom. The lowest BCUT2D eigenvalue weighted by Gasteiger charge is -2.39. The quantitative estimate of drug-likeness (QED) is 0.853. The van der Waals surface area contributed by atoms with Gasteiger partial charge >= 0.3 is 0 Å². The standard InChI is InChI=1S/C16H25N3O2S/c1-15-7-3-4-8-16(15)17-11-13-19(14-12-17)22(20,21)18-9-5-2-6-10-18/h3-4,7-8H,2,5-6,9-14H2,1H3. The van der Waals surface area contributed by atoms with Gasteiger partial charge in [0.05, 0.1) is 0 Å². The van der Waals surface area contributed by atoms with Crippen LogP contribution in [0.1, 0.15) is 24.8 Å². The SMILES string of the molecule is Cc1ccccc1N1CCN(S(=O)(=O)N2CCCCC2)CC1. The Bertz CT molecular complexity index is 604. The molecular formula is C16H25N3O2S. The highest BCUT2D eigenvalue weighted by Crippen LogP contribution is 2.23. The third-order valence-electron chi connectivity index (χ3n) is 4.66. The lowest BCUT2D eigenvalue weighted by molar-refractivity contribution is 0.295. The Kier molecular flexibility index (Phi) is 4.70. The van der Waals surface area contributed by atoms with Gasteiger partial charge in [-0.2, -0.15) is 17.0 Å². The number of anilines is 1. The van der Waals surface area contributed by atoms with Crippen molar-refractivity contribution in [1.29, 1.82) is 0 Å². The van der Waals surface area contributed by atoms with Gasteiger partial charge in [0, 0.05) is 45.0 Å². The minimum atomic E-state index is -3.26. The zero-order chi connectivity index (χ0) is 15.6. The van der Waals surface area contributed by atoms with Crippen molar-refractivity contribution in [1.82, 2.24) is 8.61 Å². The van der Waals surface area contributed by atoms with Gasteiger partial charge in [0.1, 0.15) is 0 Å². The predicted molar refractivity (Wildman–Crippen MR) is 89.3 cm³/mol. The molecule has 0 aromatic heterocycles. The van der Waals surface area contributed by atoms with Crippen LogP contribution < -0.4 is 4.90 Å². The van der Waals surface area contributed by atoms with Crippen molar-refractivity contribution in [3.63, 3.8) is 0 Å². The largest absolute Gasteiger partial charge is 0.369 e. The summed E-state index contributed by atoms with van der Waals surface area (Å²) in [4.78, 5) is 2.29. The van der Waals surface area contributed by atoms with E-state index in [1.807, 2.05) is 12.1 Å². The molecule has 2 heterocycles. The van der Waals surface area contributed by atoms with Crippen LogP contribution in [0, 0.1) is 6.92 Å². The predicted octanol–water partition coefficient (Wildman–Crippen LogP) is 1.85. The lowest BCUT2D eigenvalue weighted by atomic mass is 10.1. The van der Waals surface area contributed by atoms with Gasteiger partial charge in [-0.25, -0.2) is 0 Å². The number of piperazine rings is 1. The maximum Gasteiger partial charge on any atom is 0.282 e. The molecule has 0 radical (unpaired) electrons. The number of piperidine rings is 1. The minimum absolute atomic E-state index is 0.577. The molecule has 0 unspecified atom stereocenters. The summed E-state index contributed by atoms with van der Waals surface area (Å²) in [6.07, 6.45) is 3.12. The van der Waals surface area contributed by atoms with Crippen LogP contribution in [0.25, 0.3) is 0 Å². The van der Waals surface area contributed by atoms with Gasteiger partial charge in [0.15, 0.2) is 0 Å². The zero-order valence-electron chi connectivity index (χ0n) is 13.2. The molecule has 0 atom stereocenters. The molecule has 0 bridgehead atoms. The second-order valence-electron chi connectivity index (χ2n) is 6.14. The molecule has 22 heavy (non-hydrogen) atoms. The topological polar surface area (TPSA) is 43.9 Å². The van der Waals surface area contributed by atoms with Gasteiger partial charge in [-0.15, -0.1) is 0 Å². The van der Waals surface area contributed by atoms with E-state index in [-0.39, 0.29) is 0 Å². The molecule has 0 saturated carbocycles. The molecule has 2 aliphatic rings.